The Morgan fingerprint density at radius 3 is 2.16 bits per heavy atom. The number of alkyl halides is 1. The van der Waals surface area contributed by atoms with Gasteiger partial charge in [-0.2, -0.15) is 5.10 Å². The number of rotatable bonds is 6. The SMILES string of the molecule is CC(C)N(CC(=O)Nc1cc(C(C)(C)C)nn1C(C)(C)C)C(=O)C(Cl)c1ccccc1. The van der Waals surface area contributed by atoms with Gasteiger partial charge in [-0.15, -0.1) is 11.6 Å². The summed E-state index contributed by atoms with van der Waals surface area (Å²) in [5, 5.41) is 6.83. The molecule has 0 aliphatic heterocycles. The average molecular weight is 447 g/mol. The van der Waals surface area contributed by atoms with Crippen LogP contribution in [0.1, 0.15) is 72.0 Å². The van der Waals surface area contributed by atoms with Crippen molar-refractivity contribution in [3.05, 3.63) is 47.7 Å². The summed E-state index contributed by atoms with van der Waals surface area (Å²) in [6.07, 6.45) is 0. The van der Waals surface area contributed by atoms with E-state index in [4.69, 9.17) is 16.7 Å². The summed E-state index contributed by atoms with van der Waals surface area (Å²) < 4.78 is 1.82. The van der Waals surface area contributed by atoms with E-state index in [1.165, 1.54) is 4.90 Å². The number of nitrogens with one attached hydrogen (secondary N) is 1. The van der Waals surface area contributed by atoms with Crippen molar-refractivity contribution in [2.75, 3.05) is 11.9 Å². The first-order valence-corrected chi connectivity index (χ1v) is 11.1. The van der Waals surface area contributed by atoms with E-state index in [1.807, 2.05) is 75.7 Å². The molecule has 31 heavy (non-hydrogen) atoms. The van der Waals surface area contributed by atoms with Crippen molar-refractivity contribution >= 4 is 29.2 Å². The molecule has 1 atom stereocenters. The second kappa shape index (κ2) is 9.43. The first-order chi connectivity index (χ1) is 14.2. The fourth-order valence-electron chi connectivity index (χ4n) is 3.11. The molecule has 7 heteroatoms. The first-order valence-electron chi connectivity index (χ1n) is 10.6. The molecule has 0 saturated heterocycles. The average Bonchev–Trinajstić information content (AvgIpc) is 3.10. The van der Waals surface area contributed by atoms with E-state index in [-0.39, 0.29) is 35.4 Å². The highest BCUT2D eigenvalue weighted by molar-refractivity contribution is 6.30. The summed E-state index contributed by atoms with van der Waals surface area (Å²) in [5.74, 6) is 0.0339. The van der Waals surface area contributed by atoms with Gasteiger partial charge in [0.2, 0.25) is 11.8 Å². The van der Waals surface area contributed by atoms with Gasteiger partial charge in [0.1, 0.15) is 17.7 Å². The zero-order valence-electron chi connectivity index (χ0n) is 19.9. The fourth-order valence-corrected chi connectivity index (χ4v) is 3.38. The molecule has 0 aliphatic carbocycles. The van der Waals surface area contributed by atoms with E-state index in [2.05, 4.69) is 26.1 Å². The van der Waals surface area contributed by atoms with Crippen LogP contribution in [-0.4, -0.2) is 39.1 Å². The molecular weight excluding hydrogens is 412 g/mol. The number of anilines is 1. The lowest BCUT2D eigenvalue weighted by atomic mass is 9.92. The molecule has 1 unspecified atom stereocenters. The largest absolute Gasteiger partial charge is 0.329 e. The number of hydrogen-bond donors (Lipinski definition) is 1. The molecule has 2 amide bonds. The van der Waals surface area contributed by atoms with Gasteiger partial charge in [0, 0.05) is 17.5 Å². The predicted octanol–water partition coefficient (Wildman–Crippen LogP) is 5.09. The lowest BCUT2D eigenvalue weighted by Crippen LogP contribution is -2.44. The minimum Gasteiger partial charge on any atom is -0.329 e. The summed E-state index contributed by atoms with van der Waals surface area (Å²) in [6.45, 7) is 16.0. The second-order valence-electron chi connectivity index (χ2n) is 10.1. The quantitative estimate of drug-likeness (QED) is 0.628. The Morgan fingerprint density at radius 2 is 1.68 bits per heavy atom. The number of amides is 2. The lowest BCUT2D eigenvalue weighted by molar-refractivity contribution is -0.136. The van der Waals surface area contributed by atoms with Crippen molar-refractivity contribution in [3.8, 4) is 0 Å². The standard InChI is InChI=1S/C24H35ClN4O2/c1-16(2)28(22(31)21(25)17-12-10-9-11-13-17)15-20(30)26-19-14-18(23(3,4)5)27-29(19)24(6,7)8/h9-14,16,21H,15H2,1-8H3,(H,26,30). The Labute approximate surface area is 191 Å². The van der Waals surface area contributed by atoms with Crippen LogP contribution in [0.15, 0.2) is 36.4 Å². The van der Waals surface area contributed by atoms with Gasteiger partial charge in [-0.3, -0.25) is 9.59 Å². The molecule has 170 valence electrons. The van der Waals surface area contributed by atoms with Gasteiger partial charge in [0.15, 0.2) is 0 Å². The molecule has 0 saturated carbocycles. The van der Waals surface area contributed by atoms with Crippen LogP contribution in [0.3, 0.4) is 0 Å². The van der Waals surface area contributed by atoms with Crippen molar-refractivity contribution in [2.45, 2.75) is 77.8 Å². The van der Waals surface area contributed by atoms with Crippen LogP contribution in [0, 0.1) is 0 Å². The molecule has 0 fully saturated rings. The molecule has 0 radical (unpaired) electrons. The van der Waals surface area contributed by atoms with Crippen molar-refractivity contribution in [3.63, 3.8) is 0 Å². The minimum absolute atomic E-state index is 0.0905. The Morgan fingerprint density at radius 1 is 1.10 bits per heavy atom. The Hall–Kier alpha value is -2.34. The van der Waals surface area contributed by atoms with Gasteiger partial charge >= 0.3 is 0 Å². The van der Waals surface area contributed by atoms with Crippen LogP contribution >= 0.6 is 11.6 Å². The summed E-state index contributed by atoms with van der Waals surface area (Å²) in [4.78, 5) is 27.5. The number of benzene rings is 1. The molecule has 0 spiro atoms. The number of carbonyl (C=O) groups excluding carboxylic acids is 2. The highest BCUT2D eigenvalue weighted by atomic mass is 35.5. The number of aromatic nitrogens is 2. The molecule has 2 rings (SSSR count). The number of carbonyl (C=O) groups is 2. The van der Waals surface area contributed by atoms with Crippen LogP contribution in [0.25, 0.3) is 0 Å². The molecule has 1 aromatic heterocycles. The maximum absolute atomic E-state index is 13.0. The molecule has 2 aromatic rings. The van der Waals surface area contributed by atoms with Crippen LogP contribution in [-0.2, 0) is 20.5 Å². The van der Waals surface area contributed by atoms with E-state index >= 15 is 0 Å². The summed E-state index contributed by atoms with van der Waals surface area (Å²) in [5.41, 5.74) is 1.13. The predicted molar refractivity (Wildman–Crippen MR) is 126 cm³/mol. The first kappa shape index (κ1) is 24.9. The van der Waals surface area contributed by atoms with Gasteiger partial charge in [-0.05, 0) is 40.2 Å². The van der Waals surface area contributed by atoms with Crippen molar-refractivity contribution in [1.29, 1.82) is 0 Å². The number of nitrogens with zero attached hydrogens (tertiary/aromatic N) is 3. The Bertz CT molecular complexity index is 908. The van der Waals surface area contributed by atoms with Crippen LogP contribution in [0.5, 0.6) is 0 Å². The van der Waals surface area contributed by atoms with Gasteiger partial charge in [-0.1, -0.05) is 51.1 Å². The summed E-state index contributed by atoms with van der Waals surface area (Å²) in [6, 6.07) is 10.9. The molecule has 1 aromatic carbocycles. The summed E-state index contributed by atoms with van der Waals surface area (Å²) in [7, 11) is 0. The minimum atomic E-state index is -0.844. The maximum Gasteiger partial charge on any atom is 0.245 e. The smallest absolute Gasteiger partial charge is 0.245 e. The van der Waals surface area contributed by atoms with E-state index < -0.39 is 5.38 Å². The monoisotopic (exact) mass is 446 g/mol. The van der Waals surface area contributed by atoms with E-state index in [0.29, 0.717) is 11.4 Å². The van der Waals surface area contributed by atoms with Crippen LogP contribution in [0.2, 0.25) is 0 Å². The third-order valence-electron chi connectivity index (χ3n) is 4.91. The van der Waals surface area contributed by atoms with Crippen molar-refractivity contribution in [2.24, 2.45) is 0 Å². The Balaban J connectivity index is 2.23. The maximum atomic E-state index is 13.0. The van der Waals surface area contributed by atoms with E-state index in [9.17, 15) is 9.59 Å². The molecule has 1 N–H and O–H groups in total. The van der Waals surface area contributed by atoms with Crippen LogP contribution in [0.4, 0.5) is 5.82 Å². The number of hydrogen-bond acceptors (Lipinski definition) is 3. The number of halogens is 1. The van der Waals surface area contributed by atoms with Crippen molar-refractivity contribution < 1.29 is 9.59 Å². The topological polar surface area (TPSA) is 67.2 Å². The zero-order valence-corrected chi connectivity index (χ0v) is 20.6. The zero-order chi connectivity index (χ0) is 23.6. The van der Waals surface area contributed by atoms with Crippen molar-refractivity contribution in [1.82, 2.24) is 14.7 Å². The van der Waals surface area contributed by atoms with Crippen LogP contribution < -0.4 is 5.32 Å². The fraction of sp³-hybridized carbons (Fsp3) is 0.542. The second-order valence-corrected chi connectivity index (χ2v) is 10.6. The highest BCUT2D eigenvalue weighted by Crippen LogP contribution is 2.28. The Kier molecular flexibility index (Phi) is 7.58. The highest BCUT2D eigenvalue weighted by Gasteiger charge is 2.29. The molecule has 0 aliphatic rings. The van der Waals surface area contributed by atoms with Gasteiger partial charge in [0.25, 0.3) is 0 Å². The molecular formula is C24H35ClN4O2. The third kappa shape index (κ3) is 6.33. The van der Waals surface area contributed by atoms with E-state index in [0.717, 1.165) is 5.69 Å². The van der Waals surface area contributed by atoms with E-state index in [1.54, 1.807) is 0 Å². The molecule has 6 nitrogen and oxygen atoms in total. The molecule has 0 bridgehead atoms. The summed E-state index contributed by atoms with van der Waals surface area (Å²) >= 11 is 6.44. The normalized spacial score (nSPS) is 13.2. The van der Waals surface area contributed by atoms with Gasteiger partial charge in [-0.25, -0.2) is 4.68 Å². The lowest BCUT2D eigenvalue weighted by Gasteiger charge is -2.28. The van der Waals surface area contributed by atoms with Gasteiger partial charge < -0.3 is 10.2 Å². The third-order valence-corrected chi connectivity index (χ3v) is 5.35. The molecule has 1 heterocycles. The van der Waals surface area contributed by atoms with Gasteiger partial charge in [0.05, 0.1) is 11.2 Å².